The minimum atomic E-state index is -0.183. The molecule has 0 heterocycles. The highest BCUT2D eigenvalue weighted by atomic mass is 79.9. The lowest BCUT2D eigenvalue weighted by Gasteiger charge is -2.17. The van der Waals surface area contributed by atoms with Crippen LogP contribution in [0.3, 0.4) is 0 Å². The smallest absolute Gasteiger partial charge is 0.123 e. The Balaban J connectivity index is 2.22. The SMILES string of the molecule is CNC(Cc1cccc(F)c1)c1ccc(C)c(Br)c1. The van der Waals surface area contributed by atoms with Crippen LogP contribution in [0.25, 0.3) is 0 Å². The molecule has 0 aliphatic rings. The Kier molecular flexibility index (Phi) is 4.72. The van der Waals surface area contributed by atoms with Crippen LogP contribution < -0.4 is 5.32 Å². The summed E-state index contributed by atoms with van der Waals surface area (Å²) < 4.78 is 14.3. The van der Waals surface area contributed by atoms with Crippen molar-refractivity contribution in [1.29, 1.82) is 0 Å². The van der Waals surface area contributed by atoms with Crippen LogP contribution in [0.1, 0.15) is 22.7 Å². The van der Waals surface area contributed by atoms with Crippen LogP contribution in [0.4, 0.5) is 4.39 Å². The molecular weight excluding hydrogens is 305 g/mol. The molecule has 100 valence electrons. The summed E-state index contributed by atoms with van der Waals surface area (Å²) in [6, 6.07) is 13.3. The predicted octanol–water partition coefficient (Wildman–Crippen LogP) is 4.40. The minimum Gasteiger partial charge on any atom is -0.313 e. The fourth-order valence-electron chi connectivity index (χ4n) is 2.11. The average Bonchev–Trinajstić information content (AvgIpc) is 2.39. The molecule has 1 atom stereocenters. The molecule has 0 saturated heterocycles. The maximum absolute atomic E-state index is 13.2. The Hall–Kier alpha value is -1.19. The summed E-state index contributed by atoms with van der Waals surface area (Å²) in [5, 5.41) is 3.29. The molecule has 0 amide bonds. The van der Waals surface area contributed by atoms with Crippen LogP contribution in [0.15, 0.2) is 46.9 Å². The minimum absolute atomic E-state index is 0.179. The van der Waals surface area contributed by atoms with Crippen LogP contribution in [-0.4, -0.2) is 7.05 Å². The monoisotopic (exact) mass is 321 g/mol. The van der Waals surface area contributed by atoms with Crippen molar-refractivity contribution in [3.8, 4) is 0 Å². The zero-order valence-corrected chi connectivity index (χ0v) is 12.7. The largest absolute Gasteiger partial charge is 0.313 e. The van der Waals surface area contributed by atoms with Gasteiger partial charge in [0.2, 0.25) is 0 Å². The van der Waals surface area contributed by atoms with E-state index in [-0.39, 0.29) is 11.9 Å². The summed E-state index contributed by atoms with van der Waals surface area (Å²) in [4.78, 5) is 0. The number of hydrogen-bond donors (Lipinski definition) is 1. The summed E-state index contributed by atoms with van der Waals surface area (Å²) in [5.41, 5.74) is 3.41. The first kappa shape index (κ1) is 14.2. The molecule has 0 aliphatic carbocycles. The van der Waals surface area contributed by atoms with Crippen LogP contribution in [0, 0.1) is 12.7 Å². The molecule has 0 aromatic heterocycles. The molecule has 2 aromatic rings. The molecule has 0 bridgehead atoms. The quantitative estimate of drug-likeness (QED) is 0.880. The first-order chi connectivity index (χ1) is 9.10. The summed E-state index contributed by atoms with van der Waals surface area (Å²) in [6.07, 6.45) is 0.768. The molecule has 2 aromatic carbocycles. The molecule has 0 aliphatic heterocycles. The maximum Gasteiger partial charge on any atom is 0.123 e. The van der Waals surface area contributed by atoms with Crippen molar-refractivity contribution in [2.24, 2.45) is 0 Å². The number of nitrogens with one attached hydrogen (secondary N) is 1. The predicted molar refractivity (Wildman–Crippen MR) is 80.8 cm³/mol. The molecule has 0 spiro atoms. The lowest BCUT2D eigenvalue weighted by atomic mass is 9.98. The normalized spacial score (nSPS) is 12.4. The highest BCUT2D eigenvalue weighted by Gasteiger charge is 2.11. The Bertz CT molecular complexity index is 568. The molecule has 0 saturated carbocycles. The zero-order valence-electron chi connectivity index (χ0n) is 11.1. The third-order valence-electron chi connectivity index (χ3n) is 3.28. The second-order valence-corrected chi connectivity index (χ2v) is 5.54. The van der Waals surface area contributed by atoms with Gasteiger partial charge in [-0.3, -0.25) is 0 Å². The molecule has 1 N–H and O–H groups in total. The van der Waals surface area contributed by atoms with Gasteiger partial charge in [-0.1, -0.05) is 40.2 Å². The van der Waals surface area contributed by atoms with Crippen LogP contribution in [0.2, 0.25) is 0 Å². The number of halogens is 2. The van der Waals surface area contributed by atoms with E-state index in [4.69, 9.17) is 0 Å². The molecule has 0 radical (unpaired) electrons. The van der Waals surface area contributed by atoms with Crippen LogP contribution >= 0.6 is 15.9 Å². The van der Waals surface area contributed by atoms with Gasteiger partial charge in [-0.25, -0.2) is 4.39 Å². The summed E-state index contributed by atoms with van der Waals surface area (Å²) in [7, 11) is 1.93. The van der Waals surface area contributed by atoms with Gasteiger partial charge in [-0.15, -0.1) is 0 Å². The fourth-order valence-corrected chi connectivity index (χ4v) is 2.51. The van der Waals surface area contributed by atoms with E-state index in [1.807, 2.05) is 13.1 Å². The number of aryl methyl sites for hydroxylation is 1. The Morgan fingerprint density at radius 3 is 2.63 bits per heavy atom. The van der Waals surface area contributed by atoms with Gasteiger partial charge in [0.05, 0.1) is 0 Å². The van der Waals surface area contributed by atoms with Crippen LogP contribution in [0.5, 0.6) is 0 Å². The van der Waals surface area contributed by atoms with Crippen molar-refractivity contribution in [3.63, 3.8) is 0 Å². The second-order valence-electron chi connectivity index (χ2n) is 4.68. The highest BCUT2D eigenvalue weighted by Crippen LogP contribution is 2.24. The van der Waals surface area contributed by atoms with Gasteiger partial charge in [0.25, 0.3) is 0 Å². The van der Waals surface area contributed by atoms with Crippen molar-refractivity contribution in [2.75, 3.05) is 7.05 Å². The van der Waals surface area contributed by atoms with Gasteiger partial charge < -0.3 is 5.32 Å². The van der Waals surface area contributed by atoms with Crippen molar-refractivity contribution < 1.29 is 4.39 Å². The number of likely N-dealkylation sites (N-methyl/N-ethyl adjacent to an activating group) is 1. The Morgan fingerprint density at radius 1 is 1.21 bits per heavy atom. The fraction of sp³-hybridized carbons (Fsp3) is 0.250. The van der Waals surface area contributed by atoms with Gasteiger partial charge in [0.1, 0.15) is 5.82 Å². The molecule has 0 fully saturated rings. The van der Waals surface area contributed by atoms with E-state index in [2.05, 4.69) is 46.4 Å². The first-order valence-corrected chi connectivity index (χ1v) is 7.07. The lowest BCUT2D eigenvalue weighted by Crippen LogP contribution is -2.19. The topological polar surface area (TPSA) is 12.0 Å². The van der Waals surface area contributed by atoms with Gasteiger partial charge in [-0.2, -0.15) is 0 Å². The molecule has 1 nitrogen and oxygen atoms in total. The zero-order chi connectivity index (χ0) is 13.8. The summed E-state index contributed by atoms with van der Waals surface area (Å²) >= 11 is 3.55. The van der Waals surface area contributed by atoms with E-state index in [1.54, 1.807) is 12.1 Å². The van der Waals surface area contributed by atoms with Crippen molar-refractivity contribution in [3.05, 3.63) is 69.4 Å². The number of rotatable bonds is 4. The average molecular weight is 322 g/mol. The van der Waals surface area contributed by atoms with E-state index in [1.165, 1.54) is 17.2 Å². The van der Waals surface area contributed by atoms with Gasteiger partial charge >= 0.3 is 0 Å². The van der Waals surface area contributed by atoms with E-state index < -0.39 is 0 Å². The van der Waals surface area contributed by atoms with Crippen molar-refractivity contribution >= 4 is 15.9 Å². The van der Waals surface area contributed by atoms with Crippen molar-refractivity contribution in [1.82, 2.24) is 5.32 Å². The lowest BCUT2D eigenvalue weighted by molar-refractivity contribution is 0.584. The molecule has 1 unspecified atom stereocenters. The first-order valence-electron chi connectivity index (χ1n) is 6.28. The third kappa shape index (κ3) is 3.64. The molecule has 3 heteroatoms. The summed E-state index contributed by atoms with van der Waals surface area (Å²) in [6.45, 7) is 2.06. The van der Waals surface area contributed by atoms with E-state index in [0.717, 1.165) is 16.5 Å². The maximum atomic E-state index is 13.2. The highest BCUT2D eigenvalue weighted by molar-refractivity contribution is 9.10. The standard InChI is InChI=1S/C16H17BrFN/c1-11-6-7-13(10-15(11)17)16(19-2)9-12-4-3-5-14(18)8-12/h3-8,10,16,19H,9H2,1-2H3. The van der Waals surface area contributed by atoms with E-state index in [0.29, 0.717) is 0 Å². The van der Waals surface area contributed by atoms with Gasteiger partial charge in [0.15, 0.2) is 0 Å². The Morgan fingerprint density at radius 2 is 2.00 bits per heavy atom. The second kappa shape index (κ2) is 6.31. The van der Waals surface area contributed by atoms with Crippen LogP contribution in [-0.2, 0) is 6.42 Å². The Labute approximate surface area is 122 Å². The van der Waals surface area contributed by atoms with Gasteiger partial charge in [-0.05, 0) is 55.3 Å². The number of hydrogen-bond acceptors (Lipinski definition) is 1. The van der Waals surface area contributed by atoms with Gasteiger partial charge in [0, 0.05) is 10.5 Å². The van der Waals surface area contributed by atoms with E-state index >= 15 is 0 Å². The summed E-state index contributed by atoms with van der Waals surface area (Å²) in [5.74, 6) is -0.183. The molecular formula is C16H17BrFN. The van der Waals surface area contributed by atoms with Crippen molar-refractivity contribution in [2.45, 2.75) is 19.4 Å². The molecule has 19 heavy (non-hydrogen) atoms. The molecule has 2 rings (SSSR count). The number of benzene rings is 2. The third-order valence-corrected chi connectivity index (χ3v) is 4.13. The van der Waals surface area contributed by atoms with E-state index in [9.17, 15) is 4.39 Å².